The van der Waals surface area contributed by atoms with Gasteiger partial charge in [0.2, 0.25) is 6.79 Å². The maximum Gasteiger partial charge on any atom is 0.274 e. The van der Waals surface area contributed by atoms with Gasteiger partial charge in [-0.3, -0.25) is 4.79 Å². The molecule has 0 spiro atoms. The summed E-state index contributed by atoms with van der Waals surface area (Å²) in [5, 5.41) is 6.15. The number of fused-ring (bicyclic) bond motifs is 1. The van der Waals surface area contributed by atoms with Crippen molar-refractivity contribution in [3.05, 3.63) is 71.5 Å². The standard InChI is InChI=1S/C21H19N3O3/c1-13-3-4-14(2)18(9-13)24-21(25)17-7-5-16(11-22-17)23-15-6-8-19-20(10-15)27-12-26-19/h3-11,23H,12H2,1-2H3,(H,24,25). The van der Waals surface area contributed by atoms with E-state index >= 15 is 0 Å². The molecule has 0 unspecified atom stereocenters. The first-order valence-electron chi connectivity index (χ1n) is 8.60. The minimum absolute atomic E-state index is 0.238. The molecule has 2 heterocycles. The van der Waals surface area contributed by atoms with E-state index in [0.717, 1.165) is 33.9 Å². The smallest absolute Gasteiger partial charge is 0.274 e. The van der Waals surface area contributed by atoms with Gasteiger partial charge in [0.25, 0.3) is 5.91 Å². The zero-order chi connectivity index (χ0) is 18.8. The van der Waals surface area contributed by atoms with Crippen molar-refractivity contribution in [1.29, 1.82) is 0 Å². The number of hydrogen-bond acceptors (Lipinski definition) is 5. The predicted octanol–water partition coefficient (Wildman–Crippen LogP) is 4.42. The van der Waals surface area contributed by atoms with Crippen LogP contribution in [0.2, 0.25) is 0 Å². The van der Waals surface area contributed by atoms with Crippen molar-refractivity contribution in [2.24, 2.45) is 0 Å². The van der Waals surface area contributed by atoms with Crippen molar-refractivity contribution in [2.75, 3.05) is 17.4 Å². The highest BCUT2D eigenvalue weighted by Crippen LogP contribution is 2.35. The number of amides is 1. The molecule has 2 N–H and O–H groups in total. The van der Waals surface area contributed by atoms with Crippen molar-refractivity contribution in [3.8, 4) is 11.5 Å². The Morgan fingerprint density at radius 2 is 1.78 bits per heavy atom. The summed E-state index contributed by atoms with van der Waals surface area (Å²) >= 11 is 0. The number of carbonyl (C=O) groups excluding carboxylic acids is 1. The number of rotatable bonds is 4. The third-order valence-electron chi connectivity index (χ3n) is 4.30. The van der Waals surface area contributed by atoms with Gasteiger partial charge in [-0.2, -0.15) is 0 Å². The van der Waals surface area contributed by atoms with Crippen LogP contribution in [0, 0.1) is 13.8 Å². The quantitative estimate of drug-likeness (QED) is 0.719. The van der Waals surface area contributed by atoms with Crippen LogP contribution in [0.25, 0.3) is 0 Å². The topological polar surface area (TPSA) is 72.5 Å². The lowest BCUT2D eigenvalue weighted by Crippen LogP contribution is -2.14. The van der Waals surface area contributed by atoms with E-state index in [9.17, 15) is 4.79 Å². The second kappa shape index (κ2) is 6.99. The van der Waals surface area contributed by atoms with Gasteiger partial charge in [-0.1, -0.05) is 12.1 Å². The lowest BCUT2D eigenvalue weighted by Gasteiger charge is -2.10. The molecule has 1 aliphatic heterocycles. The van der Waals surface area contributed by atoms with Gasteiger partial charge in [0.15, 0.2) is 11.5 Å². The summed E-state index contributed by atoms with van der Waals surface area (Å²) in [6, 6.07) is 15.1. The molecule has 0 atom stereocenters. The van der Waals surface area contributed by atoms with Crippen LogP contribution in [0.1, 0.15) is 21.6 Å². The van der Waals surface area contributed by atoms with Crippen molar-refractivity contribution < 1.29 is 14.3 Å². The monoisotopic (exact) mass is 361 g/mol. The second-order valence-electron chi connectivity index (χ2n) is 6.40. The average molecular weight is 361 g/mol. The lowest BCUT2D eigenvalue weighted by atomic mass is 10.1. The summed E-state index contributed by atoms with van der Waals surface area (Å²) in [6.07, 6.45) is 1.63. The molecule has 0 saturated carbocycles. The number of aryl methyl sites for hydroxylation is 2. The largest absolute Gasteiger partial charge is 0.454 e. The minimum Gasteiger partial charge on any atom is -0.454 e. The van der Waals surface area contributed by atoms with E-state index < -0.39 is 0 Å². The van der Waals surface area contributed by atoms with Crippen LogP contribution < -0.4 is 20.1 Å². The highest BCUT2D eigenvalue weighted by atomic mass is 16.7. The Bertz CT molecular complexity index is 1000. The van der Waals surface area contributed by atoms with Crippen LogP contribution in [0.3, 0.4) is 0 Å². The Morgan fingerprint density at radius 1 is 0.963 bits per heavy atom. The molecular formula is C21H19N3O3. The number of nitrogens with zero attached hydrogens (tertiary/aromatic N) is 1. The number of hydrogen-bond donors (Lipinski definition) is 2. The molecule has 27 heavy (non-hydrogen) atoms. The summed E-state index contributed by atoms with van der Waals surface area (Å²) in [6.45, 7) is 4.19. The maximum atomic E-state index is 12.5. The van der Waals surface area contributed by atoms with Crippen LogP contribution in [0.15, 0.2) is 54.7 Å². The minimum atomic E-state index is -0.238. The van der Waals surface area contributed by atoms with E-state index in [4.69, 9.17) is 9.47 Å². The SMILES string of the molecule is Cc1ccc(C)c(NC(=O)c2ccc(Nc3ccc4c(c3)OCO4)cn2)c1. The molecule has 1 aliphatic rings. The molecule has 0 radical (unpaired) electrons. The normalized spacial score (nSPS) is 11.9. The molecule has 1 amide bonds. The molecule has 1 aromatic heterocycles. The highest BCUT2D eigenvalue weighted by molar-refractivity contribution is 6.03. The molecule has 6 heteroatoms. The first kappa shape index (κ1) is 16.9. The fourth-order valence-corrected chi connectivity index (χ4v) is 2.80. The molecule has 0 saturated heterocycles. The summed E-state index contributed by atoms with van der Waals surface area (Å²) < 4.78 is 10.7. The lowest BCUT2D eigenvalue weighted by molar-refractivity contribution is 0.102. The van der Waals surface area contributed by atoms with E-state index in [1.165, 1.54) is 0 Å². The molecule has 136 valence electrons. The average Bonchev–Trinajstić information content (AvgIpc) is 3.13. The first-order chi connectivity index (χ1) is 13.1. The molecule has 4 rings (SSSR count). The Labute approximate surface area is 157 Å². The Morgan fingerprint density at radius 3 is 2.59 bits per heavy atom. The van der Waals surface area contributed by atoms with Gasteiger partial charge in [0, 0.05) is 17.4 Å². The van der Waals surface area contributed by atoms with E-state index in [-0.39, 0.29) is 12.7 Å². The van der Waals surface area contributed by atoms with E-state index in [2.05, 4.69) is 15.6 Å². The van der Waals surface area contributed by atoms with Crippen LogP contribution in [0.4, 0.5) is 17.1 Å². The summed E-state index contributed by atoms with van der Waals surface area (Å²) in [4.78, 5) is 16.7. The third-order valence-corrected chi connectivity index (χ3v) is 4.30. The van der Waals surface area contributed by atoms with Crippen LogP contribution in [-0.2, 0) is 0 Å². The van der Waals surface area contributed by atoms with Crippen LogP contribution in [-0.4, -0.2) is 17.7 Å². The fraction of sp³-hybridized carbons (Fsp3) is 0.143. The van der Waals surface area contributed by atoms with Gasteiger partial charge < -0.3 is 20.1 Å². The molecule has 6 nitrogen and oxygen atoms in total. The highest BCUT2D eigenvalue weighted by Gasteiger charge is 2.14. The van der Waals surface area contributed by atoms with E-state index in [1.54, 1.807) is 12.3 Å². The molecular weight excluding hydrogens is 342 g/mol. The van der Waals surface area contributed by atoms with Crippen molar-refractivity contribution in [1.82, 2.24) is 4.98 Å². The van der Waals surface area contributed by atoms with Crippen LogP contribution in [0.5, 0.6) is 11.5 Å². The summed E-state index contributed by atoms with van der Waals surface area (Å²) in [7, 11) is 0. The zero-order valence-corrected chi connectivity index (χ0v) is 15.1. The summed E-state index contributed by atoms with van der Waals surface area (Å²) in [5.74, 6) is 1.20. The second-order valence-corrected chi connectivity index (χ2v) is 6.40. The number of aromatic nitrogens is 1. The zero-order valence-electron chi connectivity index (χ0n) is 15.1. The van der Waals surface area contributed by atoms with Crippen LogP contribution >= 0.6 is 0 Å². The maximum absolute atomic E-state index is 12.5. The number of ether oxygens (including phenoxy) is 2. The number of pyridine rings is 1. The van der Waals surface area contributed by atoms with Gasteiger partial charge >= 0.3 is 0 Å². The third kappa shape index (κ3) is 3.69. The first-order valence-corrected chi connectivity index (χ1v) is 8.60. The molecule has 0 aliphatic carbocycles. The number of nitrogens with one attached hydrogen (secondary N) is 2. The van der Waals surface area contributed by atoms with Gasteiger partial charge in [-0.25, -0.2) is 4.98 Å². The number of benzene rings is 2. The number of anilines is 3. The molecule has 2 aromatic carbocycles. The summed E-state index contributed by atoms with van der Waals surface area (Å²) in [5.41, 5.74) is 4.88. The van der Waals surface area contributed by atoms with E-state index in [0.29, 0.717) is 11.4 Å². The Balaban J connectivity index is 1.45. The predicted molar refractivity (Wildman–Crippen MR) is 104 cm³/mol. The Hall–Kier alpha value is -3.54. The molecule has 3 aromatic rings. The Kier molecular flexibility index (Phi) is 4.38. The molecule has 0 fully saturated rings. The van der Waals surface area contributed by atoms with Crippen molar-refractivity contribution in [2.45, 2.75) is 13.8 Å². The number of carbonyl (C=O) groups is 1. The van der Waals surface area contributed by atoms with Gasteiger partial charge in [-0.05, 0) is 55.3 Å². The molecule has 0 bridgehead atoms. The van der Waals surface area contributed by atoms with E-state index in [1.807, 2.05) is 56.3 Å². The fourth-order valence-electron chi connectivity index (χ4n) is 2.80. The van der Waals surface area contributed by atoms with Crippen molar-refractivity contribution >= 4 is 23.0 Å². The van der Waals surface area contributed by atoms with Gasteiger partial charge in [0.05, 0.1) is 11.9 Å². The van der Waals surface area contributed by atoms with Crippen molar-refractivity contribution in [3.63, 3.8) is 0 Å². The van der Waals surface area contributed by atoms with Gasteiger partial charge in [0.1, 0.15) is 5.69 Å². The van der Waals surface area contributed by atoms with Gasteiger partial charge in [-0.15, -0.1) is 0 Å².